The summed E-state index contributed by atoms with van der Waals surface area (Å²) in [5.74, 6) is 5.89. The zero-order valence-electron chi connectivity index (χ0n) is 10.3. The molecule has 5 nitrogen and oxygen atoms in total. The number of benzene rings is 1. The highest BCUT2D eigenvalue weighted by Crippen LogP contribution is 2.22. The van der Waals surface area contributed by atoms with E-state index in [1.165, 1.54) is 6.07 Å². The molecule has 0 saturated heterocycles. The van der Waals surface area contributed by atoms with Crippen molar-refractivity contribution in [2.45, 2.75) is 13.5 Å². The van der Waals surface area contributed by atoms with Crippen LogP contribution in [0.5, 0.6) is 5.75 Å². The molecule has 1 aromatic carbocycles. The molecule has 0 unspecified atom stereocenters. The number of ether oxygens (including phenoxy) is 1. The zero-order valence-corrected chi connectivity index (χ0v) is 11.0. The number of amides is 1. The van der Waals surface area contributed by atoms with Crippen LogP contribution >= 0.6 is 11.6 Å². The summed E-state index contributed by atoms with van der Waals surface area (Å²) in [5, 5.41) is 0.687. The number of hydrogen-bond acceptors (Lipinski definition) is 4. The first-order valence-electron chi connectivity index (χ1n) is 5.59. The predicted molar refractivity (Wildman–Crippen MR) is 70.9 cm³/mol. The van der Waals surface area contributed by atoms with Gasteiger partial charge in [-0.1, -0.05) is 11.6 Å². The Balaban J connectivity index is 2.00. The van der Waals surface area contributed by atoms with Crippen LogP contribution in [-0.2, 0) is 6.61 Å². The fraction of sp³-hybridized carbons (Fsp3) is 0.154. The summed E-state index contributed by atoms with van der Waals surface area (Å²) in [6.07, 6.45) is 0. The molecule has 0 spiro atoms. The number of nitrogens with one attached hydrogen (secondary N) is 1. The maximum absolute atomic E-state index is 11.2. The molecule has 0 atom stereocenters. The SMILES string of the molecule is Cc1cc(OCc2ccc(C(=O)NN)o2)ccc1Cl. The molecular formula is C13H13ClN2O3. The van der Waals surface area contributed by atoms with Crippen LogP contribution in [0.4, 0.5) is 0 Å². The van der Waals surface area contributed by atoms with Crippen LogP contribution in [0.15, 0.2) is 34.7 Å². The minimum atomic E-state index is -0.478. The quantitative estimate of drug-likeness (QED) is 0.512. The standard InChI is InChI=1S/C13H13ClN2O3/c1-8-6-9(2-4-11(8)14)18-7-10-3-5-12(19-10)13(17)16-15/h2-6H,7,15H2,1H3,(H,16,17). The number of nitrogen functional groups attached to an aromatic ring is 1. The van der Waals surface area contributed by atoms with Gasteiger partial charge in [0, 0.05) is 5.02 Å². The molecule has 0 aliphatic rings. The summed E-state index contributed by atoms with van der Waals surface area (Å²) >= 11 is 5.92. The number of hydrazine groups is 1. The molecule has 0 bridgehead atoms. The predicted octanol–water partition coefficient (Wildman–Crippen LogP) is 2.42. The Morgan fingerprint density at radius 1 is 1.42 bits per heavy atom. The summed E-state index contributed by atoms with van der Waals surface area (Å²) < 4.78 is 10.8. The van der Waals surface area contributed by atoms with Crippen LogP contribution in [-0.4, -0.2) is 5.91 Å². The van der Waals surface area contributed by atoms with E-state index in [-0.39, 0.29) is 12.4 Å². The van der Waals surface area contributed by atoms with Gasteiger partial charge in [-0.05, 0) is 42.8 Å². The monoisotopic (exact) mass is 280 g/mol. The third kappa shape index (κ3) is 3.27. The van der Waals surface area contributed by atoms with E-state index >= 15 is 0 Å². The summed E-state index contributed by atoms with van der Waals surface area (Å²) in [6.45, 7) is 2.12. The highest BCUT2D eigenvalue weighted by atomic mass is 35.5. The van der Waals surface area contributed by atoms with Crippen molar-refractivity contribution >= 4 is 17.5 Å². The van der Waals surface area contributed by atoms with Gasteiger partial charge in [-0.3, -0.25) is 10.2 Å². The van der Waals surface area contributed by atoms with Gasteiger partial charge in [0.1, 0.15) is 18.1 Å². The number of carbonyl (C=O) groups excluding carboxylic acids is 1. The number of furan rings is 1. The van der Waals surface area contributed by atoms with Gasteiger partial charge in [-0.15, -0.1) is 0 Å². The normalized spacial score (nSPS) is 10.3. The highest BCUT2D eigenvalue weighted by Gasteiger charge is 2.09. The summed E-state index contributed by atoms with van der Waals surface area (Å²) in [5.41, 5.74) is 2.93. The van der Waals surface area contributed by atoms with Gasteiger partial charge in [0.2, 0.25) is 0 Å². The lowest BCUT2D eigenvalue weighted by Crippen LogP contribution is -2.29. The third-order valence-electron chi connectivity index (χ3n) is 2.53. The molecule has 1 aromatic heterocycles. The number of halogens is 1. The molecule has 100 valence electrons. The van der Waals surface area contributed by atoms with Crippen molar-refractivity contribution in [3.05, 3.63) is 52.4 Å². The number of nitrogens with two attached hydrogens (primary N) is 1. The van der Waals surface area contributed by atoms with Crippen LogP contribution in [0.3, 0.4) is 0 Å². The number of rotatable bonds is 4. The average molecular weight is 281 g/mol. The van der Waals surface area contributed by atoms with Gasteiger partial charge >= 0.3 is 5.91 Å². The van der Waals surface area contributed by atoms with Crippen molar-refractivity contribution in [2.75, 3.05) is 0 Å². The van der Waals surface area contributed by atoms with Crippen molar-refractivity contribution < 1.29 is 13.9 Å². The Morgan fingerprint density at radius 2 is 2.21 bits per heavy atom. The lowest BCUT2D eigenvalue weighted by atomic mass is 10.2. The van der Waals surface area contributed by atoms with Crippen molar-refractivity contribution in [1.82, 2.24) is 5.43 Å². The van der Waals surface area contributed by atoms with E-state index in [1.54, 1.807) is 18.2 Å². The van der Waals surface area contributed by atoms with Crippen molar-refractivity contribution in [3.63, 3.8) is 0 Å². The van der Waals surface area contributed by atoms with Gasteiger partial charge in [-0.25, -0.2) is 5.84 Å². The largest absolute Gasteiger partial charge is 0.486 e. The van der Waals surface area contributed by atoms with E-state index in [2.05, 4.69) is 0 Å². The number of hydrogen-bond donors (Lipinski definition) is 2. The molecule has 0 radical (unpaired) electrons. The van der Waals surface area contributed by atoms with Crippen molar-refractivity contribution in [3.8, 4) is 5.75 Å². The first kappa shape index (κ1) is 13.5. The maximum Gasteiger partial charge on any atom is 0.300 e. The molecule has 3 N–H and O–H groups in total. The molecule has 6 heteroatoms. The van der Waals surface area contributed by atoms with E-state index in [0.717, 1.165) is 5.56 Å². The molecule has 0 saturated carbocycles. The Hall–Kier alpha value is -1.98. The van der Waals surface area contributed by atoms with Crippen LogP contribution < -0.4 is 16.0 Å². The Bertz CT molecular complexity index is 595. The van der Waals surface area contributed by atoms with Gasteiger partial charge in [0.25, 0.3) is 0 Å². The fourth-order valence-corrected chi connectivity index (χ4v) is 1.63. The molecule has 19 heavy (non-hydrogen) atoms. The van der Waals surface area contributed by atoms with Crippen molar-refractivity contribution in [1.29, 1.82) is 0 Å². The molecule has 0 aliphatic carbocycles. The molecular weight excluding hydrogens is 268 g/mol. The van der Waals surface area contributed by atoms with Gasteiger partial charge in [0.05, 0.1) is 0 Å². The van der Waals surface area contributed by atoms with E-state index < -0.39 is 5.91 Å². The zero-order chi connectivity index (χ0) is 13.8. The molecule has 1 amide bonds. The molecule has 0 aliphatic heterocycles. The Labute approximate surface area is 115 Å². The van der Waals surface area contributed by atoms with Crippen molar-refractivity contribution in [2.24, 2.45) is 5.84 Å². The smallest absolute Gasteiger partial charge is 0.300 e. The highest BCUT2D eigenvalue weighted by molar-refractivity contribution is 6.31. The second kappa shape index (κ2) is 5.77. The average Bonchev–Trinajstić information content (AvgIpc) is 2.88. The Morgan fingerprint density at radius 3 is 2.89 bits per heavy atom. The topological polar surface area (TPSA) is 77.5 Å². The first-order chi connectivity index (χ1) is 9.10. The fourth-order valence-electron chi connectivity index (χ4n) is 1.51. The minimum Gasteiger partial charge on any atom is -0.486 e. The minimum absolute atomic E-state index is 0.147. The molecule has 2 rings (SSSR count). The number of carbonyl (C=O) groups is 1. The molecule has 1 heterocycles. The number of aryl methyl sites for hydroxylation is 1. The Kier molecular flexibility index (Phi) is 4.09. The lowest BCUT2D eigenvalue weighted by Gasteiger charge is -2.06. The van der Waals surface area contributed by atoms with Crippen LogP contribution in [0.25, 0.3) is 0 Å². The van der Waals surface area contributed by atoms with Crippen LogP contribution in [0.1, 0.15) is 21.9 Å². The second-order valence-electron chi connectivity index (χ2n) is 3.94. The van der Waals surface area contributed by atoms with E-state index in [1.807, 2.05) is 18.4 Å². The van der Waals surface area contributed by atoms with E-state index in [4.69, 9.17) is 26.6 Å². The second-order valence-corrected chi connectivity index (χ2v) is 4.35. The van der Waals surface area contributed by atoms with Crippen LogP contribution in [0.2, 0.25) is 5.02 Å². The van der Waals surface area contributed by atoms with E-state index in [9.17, 15) is 4.79 Å². The summed E-state index contributed by atoms with van der Waals surface area (Å²) in [6, 6.07) is 8.56. The molecule has 2 aromatic rings. The molecule has 0 fully saturated rings. The van der Waals surface area contributed by atoms with Crippen LogP contribution in [0, 0.1) is 6.92 Å². The van der Waals surface area contributed by atoms with E-state index in [0.29, 0.717) is 16.5 Å². The third-order valence-corrected chi connectivity index (χ3v) is 2.95. The van der Waals surface area contributed by atoms with Gasteiger partial charge in [0.15, 0.2) is 5.76 Å². The summed E-state index contributed by atoms with van der Waals surface area (Å²) in [7, 11) is 0. The first-order valence-corrected chi connectivity index (χ1v) is 5.96. The van der Waals surface area contributed by atoms with Gasteiger partial charge in [-0.2, -0.15) is 0 Å². The summed E-state index contributed by atoms with van der Waals surface area (Å²) in [4.78, 5) is 11.2. The lowest BCUT2D eigenvalue weighted by molar-refractivity contribution is 0.0922. The van der Waals surface area contributed by atoms with Gasteiger partial charge < -0.3 is 9.15 Å². The maximum atomic E-state index is 11.2.